The smallest absolute Gasteiger partial charge is 0.273 e. The Hall–Kier alpha value is -2.63. The fourth-order valence-electron chi connectivity index (χ4n) is 2.01. The summed E-state index contributed by atoms with van der Waals surface area (Å²) in [6.07, 6.45) is 0. The zero-order chi connectivity index (χ0) is 15.4. The van der Waals surface area contributed by atoms with Crippen molar-refractivity contribution in [1.82, 2.24) is 15.1 Å². The zero-order valence-corrected chi connectivity index (χ0v) is 12.3. The second kappa shape index (κ2) is 6.21. The minimum Gasteiger partial charge on any atom is -0.355 e. The van der Waals surface area contributed by atoms with Gasteiger partial charge in [-0.2, -0.15) is 5.10 Å². The van der Waals surface area contributed by atoms with Crippen molar-refractivity contribution in [2.24, 2.45) is 0 Å². The topological polar surface area (TPSA) is 76.0 Å². The van der Waals surface area contributed by atoms with Gasteiger partial charge in [0.25, 0.3) is 11.8 Å². The van der Waals surface area contributed by atoms with Crippen molar-refractivity contribution < 1.29 is 9.59 Å². The molecular weight excluding hydrogens is 268 g/mol. The van der Waals surface area contributed by atoms with E-state index in [9.17, 15) is 9.59 Å². The molecule has 2 N–H and O–H groups in total. The van der Waals surface area contributed by atoms with E-state index in [1.165, 1.54) is 0 Å². The van der Waals surface area contributed by atoms with Crippen LogP contribution in [-0.4, -0.2) is 28.6 Å². The molecule has 0 fully saturated rings. The summed E-state index contributed by atoms with van der Waals surface area (Å²) in [5.74, 6) is -0.377. The van der Waals surface area contributed by atoms with Crippen molar-refractivity contribution in [2.75, 3.05) is 12.4 Å². The van der Waals surface area contributed by atoms with Gasteiger partial charge in [0.15, 0.2) is 0 Å². The Balaban J connectivity index is 2.14. The Morgan fingerprint density at radius 1 is 1.19 bits per heavy atom. The molecule has 0 saturated heterocycles. The maximum Gasteiger partial charge on any atom is 0.273 e. The van der Waals surface area contributed by atoms with Gasteiger partial charge in [0, 0.05) is 24.8 Å². The third-order valence-electron chi connectivity index (χ3n) is 3.07. The molecular formula is C15H18N4O2. The Morgan fingerprint density at radius 2 is 1.86 bits per heavy atom. The molecule has 110 valence electrons. The van der Waals surface area contributed by atoms with Gasteiger partial charge in [0.05, 0.1) is 5.69 Å². The maximum absolute atomic E-state index is 12.2. The average molecular weight is 286 g/mol. The molecule has 2 amide bonds. The molecule has 2 aromatic rings. The van der Waals surface area contributed by atoms with E-state index < -0.39 is 0 Å². The highest BCUT2D eigenvalue weighted by Gasteiger charge is 2.13. The summed E-state index contributed by atoms with van der Waals surface area (Å²) in [6, 6.07) is 8.47. The number of aromatic nitrogens is 2. The van der Waals surface area contributed by atoms with Crippen LogP contribution in [-0.2, 0) is 6.54 Å². The van der Waals surface area contributed by atoms with Crippen molar-refractivity contribution in [2.45, 2.75) is 20.4 Å². The van der Waals surface area contributed by atoms with Gasteiger partial charge in [-0.25, -0.2) is 0 Å². The second-order valence-corrected chi connectivity index (χ2v) is 4.60. The van der Waals surface area contributed by atoms with E-state index in [1.807, 2.05) is 13.8 Å². The number of benzene rings is 1. The van der Waals surface area contributed by atoms with E-state index in [4.69, 9.17) is 0 Å². The predicted molar refractivity (Wildman–Crippen MR) is 80.4 cm³/mol. The number of nitrogens with one attached hydrogen (secondary N) is 2. The van der Waals surface area contributed by atoms with E-state index in [1.54, 1.807) is 42.1 Å². The largest absolute Gasteiger partial charge is 0.355 e. The van der Waals surface area contributed by atoms with Crippen molar-refractivity contribution in [3.05, 3.63) is 47.3 Å². The molecule has 0 aliphatic carbocycles. The monoisotopic (exact) mass is 286 g/mol. The van der Waals surface area contributed by atoms with Crippen LogP contribution < -0.4 is 10.6 Å². The van der Waals surface area contributed by atoms with Crippen LogP contribution in [0.3, 0.4) is 0 Å². The molecule has 6 heteroatoms. The highest BCUT2D eigenvalue weighted by Crippen LogP contribution is 2.12. The number of nitrogens with zero attached hydrogens (tertiary/aromatic N) is 2. The molecule has 0 unspecified atom stereocenters. The SMILES string of the molecule is CCn1nc(C)cc1C(=O)Nc1ccc(C(=O)NC)cc1. The van der Waals surface area contributed by atoms with Crippen molar-refractivity contribution in [3.63, 3.8) is 0 Å². The molecule has 0 saturated carbocycles. The number of amides is 2. The first-order chi connectivity index (χ1) is 10.0. The van der Waals surface area contributed by atoms with Crippen LogP contribution in [0.1, 0.15) is 33.5 Å². The Morgan fingerprint density at radius 3 is 2.43 bits per heavy atom. The highest BCUT2D eigenvalue weighted by molar-refractivity contribution is 6.03. The first kappa shape index (κ1) is 14.8. The lowest BCUT2D eigenvalue weighted by Crippen LogP contribution is -2.19. The number of hydrogen-bond acceptors (Lipinski definition) is 3. The van der Waals surface area contributed by atoms with Crippen LogP contribution in [0, 0.1) is 6.92 Å². The molecule has 6 nitrogen and oxygen atoms in total. The third-order valence-corrected chi connectivity index (χ3v) is 3.07. The average Bonchev–Trinajstić information content (AvgIpc) is 2.88. The number of carbonyl (C=O) groups is 2. The van der Waals surface area contributed by atoms with Crippen LogP contribution in [0.25, 0.3) is 0 Å². The van der Waals surface area contributed by atoms with Crippen LogP contribution in [0.15, 0.2) is 30.3 Å². The standard InChI is InChI=1S/C15H18N4O2/c1-4-19-13(9-10(2)18-19)15(21)17-12-7-5-11(6-8-12)14(20)16-3/h5-9H,4H2,1-3H3,(H,16,20)(H,17,21). The van der Waals surface area contributed by atoms with Gasteiger partial charge in [-0.3, -0.25) is 14.3 Å². The fourth-order valence-corrected chi connectivity index (χ4v) is 2.01. The normalized spacial score (nSPS) is 10.2. The zero-order valence-electron chi connectivity index (χ0n) is 12.3. The number of rotatable bonds is 4. The molecule has 0 aliphatic rings. The molecule has 2 rings (SSSR count). The first-order valence-corrected chi connectivity index (χ1v) is 6.73. The van der Waals surface area contributed by atoms with Crippen LogP contribution in [0.5, 0.6) is 0 Å². The van der Waals surface area contributed by atoms with Crippen LogP contribution >= 0.6 is 0 Å². The Bertz CT molecular complexity index is 659. The number of aryl methyl sites for hydroxylation is 2. The highest BCUT2D eigenvalue weighted by atomic mass is 16.2. The van der Waals surface area contributed by atoms with Gasteiger partial charge >= 0.3 is 0 Å². The summed E-state index contributed by atoms with van der Waals surface area (Å²) < 4.78 is 1.66. The Kier molecular flexibility index (Phi) is 4.37. The lowest BCUT2D eigenvalue weighted by Gasteiger charge is -2.07. The van der Waals surface area contributed by atoms with Gasteiger partial charge in [0.1, 0.15) is 5.69 Å². The summed E-state index contributed by atoms with van der Waals surface area (Å²) in [6.45, 7) is 4.41. The summed E-state index contributed by atoms with van der Waals surface area (Å²) in [5, 5.41) is 9.59. The lowest BCUT2D eigenvalue weighted by molar-refractivity contribution is 0.0962. The predicted octanol–water partition coefficient (Wildman–Crippen LogP) is 1.82. The molecule has 0 spiro atoms. The number of hydrogen-bond donors (Lipinski definition) is 2. The molecule has 0 aliphatic heterocycles. The van der Waals surface area contributed by atoms with E-state index in [-0.39, 0.29) is 11.8 Å². The van der Waals surface area contributed by atoms with E-state index in [0.717, 1.165) is 5.69 Å². The molecule has 0 atom stereocenters. The Labute approximate surface area is 123 Å². The lowest BCUT2D eigenvalue weighted by atomic mass is 10.2. The van der Waals surface area contributed by atoms with Crippen LogP contribution in [0.4, 0.5) is 5.69 Å². The second-order valence-electron chi connectivity index (χ2n) is 4.60. The van der Waals surface area contributed by atoms with Gasteiger partial charge < -0.3 is 10.6 Å². The van der Waals surface area contributed by atoms with Crippen LogP contribution in [0.2, 0.25) is 0 Å². The molecule has 0 bridgehead atoms. The summed E-state index contributed by atoms with van der Waals surface area (Å²) >= 11 is 0. The van der Waals surface area contributed by atoms with Crippen molar-refractivity contribution in [1.29, 1.82) is 0 Å². The van der Waals surface area contributed by atoms with Gasteiger partial charge in [-0.05, 0) is 44.2 Å². The number of anilines is 1. The van der Waals surface area contributed by atoms with E-state index in [2.05, 4.69) is 15.7 Å². The minimum atomic E-state index is -0.217. The molecule has 21 heavy (non-hydrogen) atoms. The van der Waals surface area contributed by atoms with Gasteiger partial charge in [-0.1, -0.05) is 0 Å². The molecule has 1 aromatic heterocycles. The molecule has 1 heterocycles. The van der Waals surface area contributed by atoms with Crippen molar-refractivity contribution >= 4 is 17.5 Å². The number of carbonyl (C=O) groups excluding carboxylic acids is 2. The third kappa shape index (κ3) is 3.28. The van der Waals surface area contributed by atoms with E-state index in [0.29, 0.717) is 23.5 Å². The first-order valence-electron chi connectivity index (χ1n) is 6.73. The fraction of sp³-hybridized carbons (Fsp3) is 0.267. The van der Waals surface area contributed by atoms with Gasteiger partial charge in [0.2, 0.25) is 0 Å². The van der Waals surface area contributed by atoms with Gasteiger partial charge in [-0.15, -0.1) is 0 Å². The quantitative estimate of drug-likeness (QED) is 0.900. The summed E-state index contributed by atoms with van der Waals surface area (Å²) in [7, 11) is 1.58. The van der Waals surface area contributed by atoms with Crippen molar-refractivity contribution in [3.8, 4) is 0 Å². The summed E-state index contributed by atoms with van der Waals surface area (Å²) in [4.78, 5) is 23.7. The van der Waals surface area contributed by atoms with E-state index >= 15 is 0 Å². The maximum atomic E-state index is 12.2. The summed E-state index contributed by atoms with van der Waals surface area (Å²) in [5.41, 5.74) is 2.50. The molecule has 0 radical (unpaired) electrons. The minimum absolute atomic E-state index is 0.160. The molecule has 1 aromatic carbocycles.